The molecular formula is C16H24IN3O. The second kappa shape index (κ2) is 9.04. The highest BCUT2D eigenvalue weighted by Crippen LogP contribution is 2.14. The Morgan fingerprint density at radius 1 is 1.29 bits per heavy atom. The fourth-order valence-electron chi connectivity index (χ4n) is 2.35. The third-order valence-corrected chi connectivity index (χ3v) is 3.27. The van der Waals surface area contributed by atoms with E-state index >= 15 is 0 Å². The molecule has 0 bridgehead atoms. The Kier molecular flexibility index (Phi) is 7.74. The summed E-state index contributed by atoms with van der Waals surface area (Å²) in [6.07, 6.45) is 4.12. The van der Waals surface area contributed by atoms with Gasteiger partial charge in [-0.25, -0.2) is 0 Å². The van der Waals surface area contributed by atoms with Crippen molar-refractivity contribution >= 4 is 35.6 Å². The monoisotopic (exact) mass is 401 g/mol. The van der Waals surface area contributed by atoms with E-state index in [2.05, 4.69) is 48.4 Å². The summed E-state index contributed by atoms with van der Waals surface area (Å²) in [6, 6.07) is 6.27. The van der Waals surface area contributed by atoms with Gasteiger partial charge in [0.1, 0.15) is 0 Å². The van der Waals surface area contributed by atoms with Crippen LogP contribution in [-0.2, 0) is 4.74 Å². The van der Waals surface area contributed by atoms with Crippen molar-refractivity contribution < 1.29 is 4.74 Å². The van der Waals surface area contributed by atoms with Crippen molar-refractivity contribution in [1.82, 2.24) is 0 Å². The Labute approximate surface area is 143 Å². The van der Waals surface area contributed by atoms with E-state index in [1.807, 2.05) is 0 Å². The number of nitrogens with zero attached hydrogens (tertiary/aromatic N) is 1. The van der Waals surface area contributed by atoms with E-state index in [9.17, 15) is 0 Å². The quantitative estimate of drug-likeness (QED) is 0.352. The van der Waals surface area contributed by atoms with Crippen LogP contribution in [0.4, 0.5) is 5.69 Å². The number of halogens is 1. The smallest absolute Gasteiger partial charge is 0.193 e. The zero-order chi connectivity index (χ0) is 14.4. The lowest BCUT2D eigenvalue weighted by atomic mass is 10.1. The van der Waals surface area contributed by atoms with Gasteiger partial charge in [0, 0.05) is 12.2 Å². The third kappa shape index (κ3) is 6.48. The lowest BCUT2D eigenvalue weighted by molar-refractivity contribution is 0.153. The molecule has 21 heavy (non-hydrogen) atoms. The van der Waals surface area contributed by atoms with Gasteiger partial charge in [-0.3, -0.25) is 4.99 Å². The van der Waals surface area contributed by atoms with E-state index in [-0.39, 0.29) is 24.0 Å². The molecule has 1 aromatic rings. The van der Waals surface area contributed by atoms with Crippen LogP contribution in [0.15, 0.2) is 34.8 Å². The molecule has 0 saturated heterocycles. The van der Waals surface area contributed by atoms with Crippen molar-refractivity contribution in [3.63, 3.8) is 0 Å². The molecule has 0 amide bonds. The van der Waals surface area contributed by atoms with E-state index in [0.717, 1.165) is 38.3 Å². The molecule has 1 aliphatic rings. The topological polar surface area (TPSA) is 59.6 Å². The number of nitrogens with two attached hydrogens (primary N) is 1. The molecule has 2 rings (SSSR count). The molecule has 4 nitrogen and oxygen atoms in total. The zero-order valence-electron chi connectivity index (χ0n) is 12.7. The molecule has 3 N–H and O–H groups in total. The van der Waals surface area contributed by atoms with Crippen LogP contribution in [0.3, 0.4) is 0 Å². The van der Waals surface area contributed by atoms with Crippen LogP contribution in [0.1, 0.15) is 24.0 Å². The summed E-state index contributed by atoms with van der Waals surface area (Å²) in [7, 11) is 0. The highest BCUT2D eigenvalue weighted by Gasteiger charge is 2.03. The molecule has 0 spiro atoms. The van der Waals surface area contributed by atoms with Crippen molar-refractivity contribution in [3.05, 3.63) is 41.0 Å². The van der Waals surface area contributed by atoms with Crippen LogP contribution in [0, 0.1) is 13.8 Å². The van der Waals surface area contributed by atoms with Gasteiger partial charge in [0.25, 0.3) is 0 Å². The van der Waals surface area contributed by atoms with E-state index in [0.29, 0.717) is 5.96 Å². The highest BCUT2D eigenvalue weighted by molar-refractivity contribution is 14.0. The van der Waals surface area contributed by atoms with Gasteiger partial charge in [0.2, 0.25) is 0 Å². The van der Waals surface area contributed by atoms with Gasteiger partial charge in [-0.15, -0.1) is 24.0 Å². The molecule has 116 valence electrons. The normalized spacial score (nSPS) is 15.1. The number of nitrogens with one attached hydrogen (secondary N) is 1. The van der Waals surface area contributed by atoms with E-state index in [1.165, 1.54) is 16.7 Å². The van der Waals surface area contributed by atoms with Crippen molar-refractivity contribution in [2.75, 3.05) is 25.1 Å². The summed E-state index contributed by atoms with van der Waals surface area (Å²) in [6.45, 7) is 6.42. The second-order valence-corrected chi connectivity index (χ2v) is 5.21. The molecule has 1 aromatic carbocycles. The van der Waals surface area contributed by atoms with Crippen LogP contribution in [0.5, 0.6) is 0 Å². The van der Waals surface area contributed by atoms with Gasteiger partial charge in [-0.1, -0.05) is 17.7 Å². The first-order valence-electron chi connectivity index (χ1n) is 7.04. The molecule has 0 fully saturated rings. The van der Waals surface area contributed by atoms with E-state index in [1.54, 1.807) is 0 Å². The van der Waals surface area contributed by atoms with E-state index < -0.39 is 0 Å². The third-order valence-electron chi connectivity index (χ3n) is 3.27. The minimum absolute atomic E-state index is 0. The molecule has 1 heterocycles. The maximum absolute atomic E-state index is 5.92. The number of hydrogen-bond acceptors (Lipinski definition) is 2. The molecule has 0 saturated carbocycles. The standard InChI is InChI=1S/C16H23N3O.HI/c1-12-9-13(2)11-15(10-12)19-16(17)18-6-3-14-4-7-20-8-5-14;/h4,9-11H,3,5-8H2,1-2H3,(H3,17,18,19);1H. The fraction of sp³-hybridized carbons (Fsp3) is 0.438. The first-order valence-corrected chi connectivity index (χ1v) is 7.04. The van der Waals surface area contributed by atoms with Crippen LogP contribution in [-0.4, -0.2) is 25.7 Å². The summed E-state index contributed by atoms with van der Waals surface area (Å²) in [5, 5.41) is 3.14. The first-order chi connectivity index (χ1) is 9.63. The Balaban J connectivity index is 0.00000220. The van der Waals surface area contributed by atoms with Crippen molar-refractivity contribution in [1.29, 1.82) is 0 Å². The average Bonchev–Trinajstić information content (AvgIpc) is 2.38. The molecule has 0 unspecified atom stereocenters. The van der Waals surface area contributed by atoms with Gasteiger partial charge in [0.05, 0.1) is 13.2 Å². The summed E-state index contributed by atoms with van der Waals surface area (Å²) < 4.78 is 5.28. The number of ether oxygens (including phenoxy) is 1. The van der Waals surface area contributed by atoms with Gasteiger partial charge < -0.3 is 15.8 Å². The second-order valence-electron chi connectivity index (χ2n) is 5.21. The highest BCUT2D eigenvalue weighted by atomic mass is 127. The van der Waals surface area contributed by atoms with Crippen LogP contribution < -0.4 is 11.1 Å². The molecular weight excluding hydrogens is 377 g/mol. The summed E-state index contributed by atoms with van der Waals surface area (Å²) >= 11 is 0. The van der Waals surface area contributed by atoms with Crippen LogP contribution >= 0.6 is 24.0 Å². The Morgan fingerprint density at radius 3 is 2.62 bits per heavy atom. The van der Waals surface area contributed by atoms with Crippen molar-refractivity contribution in [2.45, 2.75) is 26.7 Å². The molecule has 5 heteroatoms. The maximum atomic E-state index is 5.92. The number of aryl methyl sites for hydroxylation is 2. The molecule has 0 aliphatic carbocycles. The predicted molar refractivity (Wildman–Crippen MR) is 99.6 cm³/mol. The molecule has 0 aromatic heterocycles. The van der Waals surface area contributed by atoms with Crippen LogP contribution in [0.25, 0.3) is 0 Å². The zero-order valence-corrected chi connectivity index (χ0v) is 15.0. The van der Waals surface area contributed by atoms with Gasteiger partial charge in [0.15, 0.2) is 5.96 Å². The number of guanidine groups is 1. The van der Waals surface area contributed by atoms with E-state index in [4.69, 9.17) is 10.5 Å². The summed E-state index contributed by atoms with van der Waals surface area (Å²) in [4.78, 5) is 4.37. The van der Waals surface area contributed by atoms with Crippen LogP contribution in [0.2, 0.25) is 0 Å². The number of benzene rings is 1. The SMILES string of the molecule is Cc1cc(C)cc(NC(N)=NCCC2=CCOCC2)c1.I. The minimum Gasteiger partial charge on any atom is -0.377 e. The van der Waals surface area contributed by atoms with Gasteiger partial charge >= 0.3 is 0 Å². The Bertz CT molecular complexity index is 506. The number of aliphatic imine (C=N–C) groups is 1. The number of rotatable bonds is 4. The Hall–Kier alpha value is -1.08. The van der Waals surface area contributed by atoms with Crippen molar-refractivity contribution in [3.8, 4) is 0 Å². The Morgan fingerprint density at radius 2 is 2.00 bits per heavy atom. The molecule has 0 radical (unpaired) electrons. The minimum atomic E-state index is 0. The largest absolute Gasteiger partial charge is 0.377 e. The first kappa shape index (κ1) is 18.0. The molecule has 0 atom stereocenters. The number of hydrogen-bond donors (Lipinski definition) is 2. The summed E-state index contributed by atoms with van der Waals surface area (Å²) in [5.41, 5.74) is 10.8. The lowest BCUT2D eigenvalue weighted by Crippen LogP contribution is -2.23. The van der Waals surface area contributed by atoms with Gasteiger partial charge in [-0.05, 0) is 49.9 Å². The average molecular weight is 401 g/mol. The van der Waals surface area contributed by atoms with Crippen molar-refractivity contribution in [2.24, 2.45) is 10.7 Å². The predicted octanol–water partition coefficient (Wildman–Crippen LogP) is 3.38. The fourth-order valence-corrected chi connectivity index (χ4v) is 2.35. The van der Waals surface area contributed by atoms with Gasteiger partial charge in [-0.2, -0.15) is 0 Å². The maximum Gasteiger partial charge on any atom is 0.193 e. The lowest BCUT2D eigenvalue weighted by Gasteiger charge is -2.12. The number of anilines is 1. The summed E-state index contributed by atoms with van der Waals surface area (Å²) in [5.74, 6) is 0.475. The molecule has 1 aliphatic heterocycles.